The van der Waals surface area contributed by atoms with Crippen molar-refractivity contribution in [3.05, 3.63) is 69.8 Å². The van der Waals surface area contributed by atoms with Gasteiger partial charge in [0.15, 0.2) is 6.61 Å². The third-order valence-corrected chi connectivity index (χ3v) is 2.94. The van der Waals surface area contributed by atoms with Crippen LogP contribution in [0, 0.1) is 17.0 Å². The highest BCUT2D eigenvalue weighted by Gasteiger charge is 2.05. The first kappa shape index (κ1) is 16.2. The highest BCUT2D eigenvalue weighted by Crippen LogP contribution is 2.15. The van der Waals surface area contributed by atoms with Crippen LogP contribution in [0.5, 0.6) is 5.75 Å². The minimum atomic E-state index is -0.494. The van der Waals surface area contributed by atoms with Crippen LogP contribution in [0.25, 0.3) is 0 Å². The molecule has 2 aromatic rings. The van der Waals surface area contributed by atoms with Gasteiger partial charge >= 0.3 is 0 Å². The minimum Gasteiger partial charge on any atom is -0.483 e. The second-order valence-electron chi connectivity index (χ2n) is 4.70. The molecule has 118 valence electrons. The number of hydrogen-bond donors (Lipinski definition) is 1. The van der Waals surface area contributed by atoms with Crippen molar-refractivity contribution in [2.24, 2.45) is 5.10 Å². The lowest BCUT2D eigenvalue weighted by Gasteiger charge is -2.07. The SMILES string of the molecule is Cc1ccccc1OCC(=O)N/N=C/c1cccc([N+](=O)[O-])c1. The van der Waals surface area contributed by atoms with E-state index >= 15 is 0 Å². The molecule has 0 saturated carbocycles. The summed E-state index contributed by atoms with van der Waals surface area (Å²) in [6, 6.07) is 13.3. The number of rotatable bonds is 6. The molecule has 23 heavy (non-hydrogen) atoms. The quantitative estimate of drug-likeness (QED) is 0.503. The lowest BCUT2D eigenvalue weighted by molar-refractivity contribution is -0.384. The van der Waals surface area contributed by atoms with E-state index in [1.807, 2.05) is 25.1 Å². The summed E-state index contributed by atoms with van der Waals surface area (Å²) in [6.07, 6.45) is 1.33. The van der Waals surface area contributed by atoms with Gasteiger partial charge < -0.3 is 4.74 Å². The Bertz CT molecular complexity index is 744. The van der Waals surface area contributed by atoms with Gasteiger partial charge in [-0.25, -0.2) is 5.43 Å². The number of hydrazone groups is 1. The molecule has 1 N–H and O–H groups in total. The van der Waals surface area contributed by atoms with E-state index in [0.29, 0.717) is 11.3 Å². The third kappa shape index (κ3) is 4.92. The van der Waals surface area contributed by atoms with Gasteiger partial charge in [0.25, 0.3) is 11.6 Å². The van der Waals surface area contributed by atoms with Gasteiger partial charge in [0.1, 0.15) is 5.75 Å². The molecule has 2 rings (SSSR count). The molecule has 0 atom stereocenters. The van der Waals surface area contributed by atoms with Crippen LogP contribution in [0.1, 0.15) is 11.1 Å². The number of carbonyl (C=O) groups is 1. The molecule has 0 unspecified atom stereocenters. The van der Waals surface area contributed by atoms with Gasteiger partial charge in [-0.15, -0.1) is 0 Å². The highest BCUT2D eigenvalue weighted by atomic mass is 16.6. The Morgan fingerprint density at radius 3 is 2.83 bits per heavy atom. The maximum absolute atomic E-state index is 11.6. The first-order chi connectivity index (χ1) is 11.1. The van der Waals surface area contributed by atoms with Crippen molar-refractivity contribution >= 4 is 17.8 Å². The number of non-ortho nitro benzene ring substituents is 1. The number of nitrogens with one attached hydrogen (secondary N) is 1. The molecule has 0 fully saturated rings. The van der Waals surface area contributed by atoms with Gasteiger partial charge in [-0.05, 0) is 18.6 Å². The van der Waals surface area contributed by atoms with E-state index < -0.39 is 10.8 Å². The van der Waals surface area contributed by atoms with Crippen LogP contribution >= 0.6 is 0 Å². The Morgan fingerprint density at radius 1 is 1.30 bits per heavy atom. The number of aryl methyl sites for hydroxylation is 1. The van der Waals surface area contributed by atoms with Crippen molar-refractivity contribution in [2.45, 2.75) is 6.92 Å². The lowest BCUT2D eigenvalue weighted by atomic mass is 10.2. The van der Waals surface area contributed by atoms with E-state index in [0.717, 1.165) is 5.56 Å². The molecule has 2 aromatic carbocycles. The fourth-order valence-electron chi connectivity index (χ4n) is 1.79. The van der Waals surface area contributed by atoms with Gasteiger partial charge in [0.05, 0.1) is 11.1 Å². The molecular formula is C16H15N3O4. The Balaban J connectivity index is 1.85. The van der Waals surface area contributed by atoms with Crippen LogP contribution in [-0.2, 0) is 4.79 Å². The molecule has 0 aromatic heterocycles. The molecule has 7 heteroatoms. The fourth-order valence-corrected chi connectivity index (χ4v) is 1.79. The number of nitro groups is 1. The lowest BCUT2D eigenvalue weighted by Crippen LogP contribution is -2.24. The van der Waals surface area contributed by atoms with E-state index in [2.05, 4.69) is 10.5 Å². The molecule has 0 aliphatic carbocycles. The molecule has 1 amide bonds. The number of carbonyl (C=O) groups excluding carboxylic acids is 1. The molecule has 0 aliphatic heterocycles. The van der Waals surface area contributed by atoms with Crippen LogP contribution < -0.4 is 10.2 Å². The molecule has 0 bridgehead atoms. The maximum Gasteiger partial charge on any atom is 0.277 e. The molecular weight excluding hydrogens is 298 g/mol. The van der Waals surface area contributed by atoms with Crippen molar-refractivity contribution in [3.63, 3.8) is 0 Å². The number of amides is 1. The van der Waals surface area contributed by atoms with Crippen molar-refractivity contribution in [3.8, 4) is 5.75 Å². The minimum absolute atomic E-state index is 0.0387. The summed E-state index contributed by atoms with van der Waals surface area (Å²) in [5, 5.41) is 14.4. The number of nitro benzene ring substituents is 1. The molecule has 0 spiro atoms. The topological polar surface area (TPSA) is 93.8 Å². The van der Waals surface area contributed by atoms with Gasteiger partial charge in [0.2, 0.25) is 0 Å². The number of benzene rings is 2. The Labute approximate surface area is 132 Å². The number of nitrogens with zero attached hydrogens (tertiary/aromatic N) is 2. The van der Waals surface area contributed by atoms with Crippen molar-refractivity contribution in [1.29, 1.82) is 0 Å². The number of ether oxygens (including phenoxy) is 1. The summed E-state index contributed by atoms with van der Waals surface area (Å²) in [6.45, 7) is 1.71. The van der Waals surface area contributed by atoms with E-state index in [1.54, 1.807) is 18.2 Å². The van der Waals surface area contributed by atoms with Crippen molar-refractivity contribution in [2.75, 3.05) is 6.61 Å². The van der Waals surface area contributed by atoms with Crippen LogP contribution in [0.15, 0.2) is 53.6 Å². The zero-order valence-corrected chi connectivity index (χ0v) is 12.4. The Morgan fingerprint density at radius 2 is 2.09 bits per heavy atom. The zero-order chi connectivity index (χ0) is 16.7. The summed E-state index contributed by atoms with van der Waals surface area (Å²) < 4.78 is 5.38. The Kier molecular flexibility index (Phi) is 5.40. The summed E-state index contributed by atoms with van der Waals surface area (Å²) in [5.74, 6) is 0.209. The Hall–Kier alpha value is -3.22. The van der Waals surface area contributed by atoms with Crippen molar-refractivity contribution < 1.29 is 14.5 Å². The second-order valence-corrected chi connectivity index (χ2v) is 4.70. The summed E-state index contributed by atoms with van der Waals surface area (Å²) >= 11 is 0. The normalized spacial score (nSPS) is 10.5. The summed E-state index contributed by atoms with van der Waals surface area (Å²) in [5.41, 5.74) is 3.71. The summed E-state index contributed by atoms with van der Waals surface area (Å²) in [4.78, 5) is 21.8. The average Bonchev–Trinajstić information content (AvgIpc) is 2.54. The maximum atomic E-state index is 11.6. The standard InChI is InChI=1S/C16H15N3O4/c1-12-5-2-3-8-15(12)23-11-16(20)18-17-10-13-6-4-7-14(9-13)19(21)22/h2-10H,11H2,1H3,(H,18,20)/b17-10+. The largest absolute Gasteiger partial charge is 0.483 e. The van der Waals surface area contributed by atoms with Crippen molar-refractivity contribution in [1.82, 2.24) is 5.43 Å². The van der Waals surface area contributed by atoms with Gasteiger partial charge in [-0.1, -0.05) is 30.3 Å². The third-order valence-electron chi connectivity index (χ3n) is 2.94. The van der Waals surface area contributed by atoms with Crippen LogP contribution in [0.4, 0.5) is 5.69 Å². The number of hydrogen-bond acceptors (Lipinski definition) is 5. The van der Waals surface area contributed by atoms with Crippen LogP contribution in [0.2, 0.25) is 0 Å². The molecule has 0 heterocycles. The second kappa shape index (κ2) is 7.69. The van der Waals surface area contributed by atoms with Crippen LogP contribution in [-0.4, -0.2) is 23.7 Å². The molecule has 0 radical (unpaired) electrons. The fraction of sp³-hybridized carbons (Fsp3) is 0.125. The highest BCUT2D eigenvalue weighted by molar-refractivity contribution is 5.83. The molecule has 0 aliphatic rings. The number of para-hydroxylation sites is 1. The average molecular weight is 313 g/mol. The predicted octanol–water partition coefficient (Wildman–Crippen LogP) is 2.43. The predicted molar refractivity (Wildman–Crippen MR) is 85.5 cm³/mol. The smallest absolute Gasteiger partial charge is 0.277 e. The molecule has 7 nitrogen and oxygen atoms in total. The van der Waals surface area contributed by atoms with Gasteiger partial charge in [-0.3, -0.25) is 14.9 Å². The zero-order valence-electron chi connectivity index (χ0n) is 12.4. The van der Waals surface area contributed by atoms with Gasteiger partial charge in [0, 0.05) is 17.7 Å². The summed E-state index contributed by atoms with van der Waals surface area (Å²) in [7, 11) is 0. The van der Waals surface area contributed by atoms with Gasteiger partial charge in [-0.2, -0.15) is 5.10 Å². The first-order valence-electron chi connectivity index (χ1n) is 6.81. The first-order valence-corrected chi connectivity index (χ1v) is 6.81. The van der Waals surface area contributed by atoms with Crippen LogP contribution in [0.3, 0.4) is 0 Å². The monoisotopic (exact) mass is 313 g/mol. The van der Waals surface area contributed by atoms with E-state index in [9.17, 15) is 14.9 Å². The molecule has 0 saturated heterocycles. The van der Waals surface area contributed by atoms with E-state index in [-0.39, 0.29) is 12.3 Å². The van der Waals surface area contributed by atoms with E-state index in [1.165, 1.54) is 18.3 Å². The van der Waals surface area contributed by atoms with E-state index in [4.69, 9.17) is 4.74 Å².